The first-order chi connectivity index (χ1) is 14.7. The molecule has 0 aliphatic carbocycles. The highest BCUT2D eigenvalue weighted by Gasteiger charge is 2.24. The molecule has 1 aliphatic rings. The van der Waals surface area contributed by atoms with Crippen LogP contribution in [-0.4, -0.2) is 38.9 Å². The second kappa shape index (κ2) is 7.78. The molecule has 0 saturated carbocycles. The fraction of sp³-hybridized carbons (Fsp3) is 0.292. The van der Waals surface area contributed by atoms with Crippen LogP contribution in [-0.2, 0) is 0 Å². The molecule has 0 unspecified atom stereocenters. The largest absolute Gasteiger partial charge is 0.490 e. The third-order valence-corrected chi connectivity index (χ3v) is 5.72. The van der Waals surface area contributed by atoms with Crippen molar-refractivity contribution >= 4 is 16.9 Å². The number of para-hydroxylation sites is 1. The average molecular weight is 399 g/mol. The van der Waals surface area contributed by atoms with Crippen molar-refractivity contribution in [2.45, 2.75) is 32.8 Å². The van der Waals surface area contributed by atoms with E-state index < -0.39 is 0 Å². The van der Waals surface area contributed by atoms with Crippen LogP contribution in [0.15, 0.2) is 61.1 Å². The Morgan fingerprint density at radius 1 is 0.967 bits per heavy atom. The van der Waals surface area contributed by atoms with Crippen molar-refractivity contribution < 1.29 is 4.74 Å². The first-order valence-electron chi connectivity index (χ1n) is 10.4. The summed E-state index contributed by atoms with van der Waals surface area (Å²) in [6, 6.07) is 16.5. The van der Waals surface area contributed by atoms with Gasteiger partial charge in [0.05, 0.1) is 17.3 Å². The lowest BCUT2D eigenvalue weighted by Crippen LogP contribution is -2.38. The Balaban J connectivity index is 1.34. The highest BCUT2D eigenvalue weighted by atomic mass is 16.5. The molecule has 0 N–H and O–H groups in total. The average Bonchev–Trinajstić information content (AvgIpc) is 3.22. The van der Waals surface area contributed by atoms with Gasteiger partial charge in [-0.2, -0.15) is 5.10 Å². The first kappa shape index (κ1) is 18.6. The number of hydrogen-bond donors (Lipinski definition) is 0. The monoisotopic (exact) mass is 399 g/mol. The number of nitrogens with zero attached hydrogens (tertiary/aromatic N) is 5. The van der Waals surface area contributed by atoms with Crippen LogP contribution >= 0.6 is 0 Å². The number of aryl methyl sites for hydroxylation is 2. The van der Waals surface area contributed by atoms with Gasteiger partial charge in [0.15, 0.2) is 5.65 Å². The van der Waals surface area contributed by atoms with E-state index in [0.717, 1.165) is 54.2 Å². The van der Waals surface area contributed by atoms with Crippen LogP contribution in [0.2, 0.25) is 0 Å². The predicted octanol–water partition coefficient (Wildman–Crippen LogP) is 4.48. The molecule has 0 bridgehead atoms. The zero-order valence-corrected chi connectivity index (χ0v) is 17.3. The van der Waals surface area contributed by atoms with E-state index in [2.05, 4.69) is 52.0 Å². The Morgan fingerprint density at radius 3 is 2.57 bits per heavy atom. The van der Waals surface area contributed by atoms with Gasteiger partial charge in [-0.15, -0.1) is 0 Å². The minimum atomic E-state index is 0.228. The Labute approximate surface area is 176 Å². The standard InChI is InChI=1S/C24H25N5O/c1-17-8-9-18(2)22(14-17)30-20-10-12-28(13-11-20)23-21-15-27-29(24(21)26-16-25-23)19-6-4-3-5-7-19/h3-9,14-16,20H,10-13H2,1-2H3. The van der Waals surface area contributed by atoms with Gasteiger partial charge >= 0.3 is 0 Å². The van der Waals surface area contributed by atoms with E-state index in [1.807, 2.05) is 41.2 Å². The summed E-state index contributed by atoms with van der Waals surface area (Å²) >= 11 is 0. The number of ether oxygens (including phenoxy) is 1. The number of rotatable bonds is 4. The van der Waals surface area contributed by atoms with Crippen molar-refractivity contribution in [3.8, 4) is 11.4 Å². The van der Waals surface area contributed by atoms with Crippen LogP contribution in [0.25, 0.3) is 16.7 Å². The van der Waals surface area contributed by atoms with E-state index in [1.54, 1.807) is 6.33 Å². The maximum atomic E-state index is 6.32. The number of benzene rings is 2. The summed E-state index contributed by atoms with van der Waals surface area (Å²) in [4.78, 5) is 11.4. The summed E-state index contributed by atoms with van der Waals surface area (Å²) in [6.45, 7) is 6.01. The van der Waals surface area contributed by atoms with Crippen molar-refractivity contribution in [3.63, 3.8) is 0 Å². The van der Waals surface area contributed by atoms with Gasteiger partial charge in [0, 0.05) is 25.9 Å². The van der Waals surface area contributed by atoms with E-state index in [0.29, 0.717) is 0 Å². The summed E-state index contributed by atoms with van der Waals surface area (Å²) in [5, 5.41) is 5.55. The van der Waals surface area contributed by atoms with Crippen molar-refractivity contribution in [1.29, 1.82) is 0 Å². The van der Waals surface area contributed by atoms with Gasteiger partial charge in [0.25, 0.3) is 0 Å². The number of aromatic nitrogens is 4. The van der Waals surface area contributed by atoms with E-state index in [4.69, 9.17) is 4.74 Å². The number of piperidine rings is 1. The normalized spacial score (nSPS) is 14.9. The van der Waals surface area contributed by atoms with Crippen LogP contribution < -0.4 is 9.64 Å². The molecule has 1 aliphatic heterocycles. The van der Waals surface area contributed by atoms with Gasteiger partial charge < -0.3 is 9.64 Å². The summed E-state index contributed by atoms with van der Waals surface area (Å²) in [5.74, 6) is 1.95. The highest BCUT2D eigenvalue weighted by molar-refractivity contribution is 5.87. The Morgan fingerprint density at radius 2 is 1.77 bits per heavy atom. The molecule has 0 amide bonds. The van der Waals surface area contributed by atoms with Gasteiger partial charge in [-0.25, -0.2) is 14.6 Å². The lowest BCUT2D eigenvalue weighted by atomic mass is 10.1. The fourth-order valence-electron chi connectivity index (χ4n) is 4.04. The SMILES string of the molecule is Cc1ccc(C)c(OC2CCN(c3ncnc4c3cnn4-c3ccccc3)CC2)c1. The van der Waals surface area contributed by atoms with Crippen LogP contribution in [0, 0.1) is 13.8 Å². The van der Waals surface area contributed by atoms with E-state index >= 15 is 0 Å². The molecule has 2 aromatic carbocycles. The predicted molar refractivity (Wildman–Crippen MR) is 118 cm³/mol. The van der Waals surface area contributed by atoms with Crippen molar-refractivity contribution in [1.82, 2.24) is 19.7 Å². The summed E-state index contributed by atoms with van der Waals surface area (Å²) in [5.41, 5.74) is 4.25. The molecule has 30 heavy (non-hydrogen) atoms. The van der Waals surface area contributed by atoms with Crippen molar-refractivity contribution in [2.75, 3.05) is 18.0 Å². The van der Waals surface area contributed by atoms with Gasteiger partial charge in [-0.1, -0.05) is 30.3 Å². The Bertz CT molecular complexity index is 1160. The van der Waals surface area contributed by atoms with Crippen LogP contribution in [0.5, 0.6) is 5.75 Å². The van der Waals surface area contributed by atoms with Gasteiger partial charge in [0.2, 0.25) is 0 Å². The molecule has 0 atom stereocenters. The van der Waals surface area contributed by atoms with Crippen molar-refractivity contribution in [2.24, 2.45) is 0 Å². The van der Waals surface area contributed by atoms with E-state index in [-0.39, 0.29) is 6.10 Å². The first-order valence-corrected chi connectivity index (χ1v) is 10.4. The molecule has 6 nitrogen and oxygen atoms in total. The molecule has 1 saturated heterocycles. The Kier molecular flexibility index (Phi) is 4.83. The lowest BCUT2D eigenvalue weighted by Gasteiger charge is -2.33. The maximum absolute atomic E-state index is 6.32. The van der Waals surface area contributed by atoms with E-state index in [9.17, 15) is 0 Å². The van der Waals surface area contributed by atoms with Gasteiger partial charge in [-0.05, 0) is 43.2 Å². The molecule has 0 spiro atoms. The van der Waals surface area contributed by atoms with Crippen LogP contribution in [0.3, 0.4) is 0 Å². The third kappa shape index (κ3) is 3.49. The molecular formula is C24H25N5O. The molecule has 1 fully saturated rings. The topological polar surface area (TPSA) is 56.1 Å². The number of fused-ring (bicyclic) bond motifs is 1. The lowest BCUT2D eigenvalue weighted by molar-refractivity contribution is 0.169. The van der Waals surface area contributed by atoms with Crippen LogP contribution in [0.1, 0.15) is 24.0 Å². The zero-order chi connectivity index (χ0) is 20.5. The van der Waals surface area contributed by atoms with E-state index in [1.165, 1.54) is 11.1 Å². The molecule has 2 aromatic heterocycles. The minimum Gasteiger partial charge on any atom is -0.490 e. The quantitative estimate of drug-likeness (QED) is 0.506. The summed E-state index contributed by atoms with van der Waals surface area (Å²) < 4.78 is 8.20. The van der Waals surface area contributed by atoms with Gasteiger partial charge in [0.1, 0.15) is 24.0 Å². The minimum absolute atomic E-state index is 0.228. The molecule has 6 heteroatoms. The Hall–Kier alpha value is -3.41. The second-order valence-corrected chi connectivity index (χ2v) is 7.90. The molecular weight excluding hydrogens is 374 g/mol. The maximum Gasteiger partial charge on any atom is 0.168 e. The third-order valence-electron chi connectivity index (χ3n) is 5.72. The summed E-state index contributed by atoms with van der Waals surface area (Å²) in [7, 11) is 0. The van der Waals surface area contributed by atoms with Crippen LogP contribution in [0.4, 0.5) is 5.82 Å². The summed E-state index contributed by atoms with van der Waals surface area (Å²) in [6.07, 6.45) is 5.66. The molecule has 0 radical (unpaired) electrons. The fourth-order valence-corrected chi connectivity index (χ4v) is 4.04. The van der Waals surface area contributed by atoms with Crippen molar-refractivity contribution in [3.05, 3.63) is 72.2 Å². The smallest absolute Gasteiger partial charge is 0.168 e. The molecule has 4 aromatic rings. The molecule has 152 valence electrons. The number of anilines is 1. The highest BCUT2D eigenvalue weighted by Crippen LogP contribution is 2.29. The molecule has 5 rings (SSSR count). The second-order valence-electron chi connectivity index (χ2n) is 7.90. The van der Waals surface area contributed by atoms with Gasteiger partial charge in [-0.3, -0.25) is 0 Å². The zero-order valence-electron chi connectivity index (χ0n) is 17.3. The molecule has 3 heterocycles. The number of hydrogen-bond acceptors (Lipinski definition) is 5.